The Morgan fingerprint density at radius 2 is 2.14 bits per heavy atom. The lowest BCUT2D eigenvalue weighted by molar-refractivity contribution is 0.220. The first-order chi connectivity index (χ1) is 10.8. The van der Waals surface area contributed by atoms with Crippen LogP contribution in [-0.2, 0) is 6.54 Å². The van der Waals surface area contributed by atoms with Crippen molar-refractivity contribution in [3.63, 3.8) is 0 Å². The fourth-order valence-corrected chi connectivity index (χ4v) is 3.77. The molecule has 0 saturated carbocycles. The number of thiazole rings is 1. The number of likely N-dealkylation sites (tertiary alicyclic amines) is 1. The van der Waals surface area contributed by atoms with Gasteiger partial charge in [0.05, 0.1) is 17.8 Å². The van der Waals surface area contributed by atoms with Crippen LogP contribution in [0, 0.1) is 0 Å². The molecular formula is C16H17N3O2S. The van der Waals surface area contributed by atoms with Crippen molar-refractivity contribution in [2.24, 2.45) is 0 Å². The normalized spacial score (nSPS) is 16.4. The Hall–Kier alpha value is -1.92. The van der Waals surface area contributed by atoms with E-state index in [1.807, 2.05) is 18.2 Å². The number of aromatic nitrogens is 2. The minimum atomic E-state index is -0.420. The maximum atomic E-state index is 11.2. The highest BCUT2D eigenvalue weighted by atomic mass is 32.1. The third kappa shape index (κ3) is 2.71. The summed E-state index contributed by atoms with van der Waals surface area (Å²) in [7, 11) is 0. The van der Waals surface area contributed by atoms with Crippen LogP contribution in [0.15, 0.2) is 32.8 Å². The molecule has 1 aliphatic rings. The van der Waals surface area contributed by atoms with Gasteiger partial charge < -0.3 is 4.42 Å². The SMILES string of the molecule is O=c1[nH]c2ccc(-c3csc(CN4CCCCC4)n3)cc2o1. The molecule has 1 aromatic carbocycles. The van der Waals surface area contributed by atoms with E-state index in [-0.39, 0.29) is 0 Å². The molecule has 1 fully saturated rings. The summed E-state index contributed by atoms with van der Waals surface area (Å²) < 4.78 is 5.11. The van der Waals surface area contributed by atoms with Gasteiger partial charge in [-0.1, -0.05) is 12.5 Å². The molecule has 5 nitrogen and oxygen atoms in total. The van der Waals surface area contributed by atoms with E-state index >= 15 is 0 Å². The Labute approximate surface area is 131 Å². The highest BCUT2D eigenvalue weighted by Crippen LogP contribution is 2.26. The number of H-pyrrole nitrogens is 1. The monoisotopic (exact) mass is 315 g/mol. The highest BCUT2D eigenvalue weighted by molar-refractivity contribution is 7.09. The molecule has 0 atom stereocenters. The molecule has 22 heavy (non-hydrogen) atoms. The summed E-state index contributed by atoms with van der Waals surface area (Å²) in [5, 5.41) is 3.22. The molecule has 1 aliphatic heterocycles. The van der Waals surface area contributed by atoms with Gasteiger partial charge in [-0.15, -0.1) is 11.3 Å². The number of nitrogens with zero attached hydrogens (tertiary/aromatic N) is 2. The largest absolute Gasteiger partial charge is 0.417 e. The molecule has 1 saturated heterocycles. The molecule has 3 aromatic rings. The Morgan fingerprint density at radius 1 is 1.27 bits per heavy atom. The van der Waals surface area contributed by atoms with Gasteiger partial charge in [-0.05, 0) is 38.1 Å². The third-order valence-electron chi connectivity index (χ3n) is 4.08. The molecule has 0 spiro atoms. The second-order valence-corrected chi connectivity index (χ2v) is 6.63. The number of nitrogens with one attached hydrogen (secondary N) is 1. The predicted molar refractivity (Wildman–Crippen MR) is 87.1 cm³/mol. The van der Waals surface area contributed by atoms with E-state index in [2.05, 4.69) is 15.3 Å². The number of fused-ring (bicyclic) bond motifs is 1. The molecule has 0 unspecified atom stereocenters. The molecule has 6 heteroatoms. The zero-order chi connectivity index (χ0) is 14.9. The van der Waals surface area contributed by atoms with Crippen LogP contribution in [0.5, 0.6) is 0 Å². The lowest BCUT2D eigenvalue weighted by Gasteiger charge is -2.25. The second-order valence-electron chi connectivity index (χ2n) is 5.69. The Morgan fingerprint density at radius 3 is 3.00 bits per heavy atom. The number of hydrogen-bond donors (Lipinski definition) is 1. The van der Waals surface area contributed by atoms with Crippen molar-refractivity contribution in [2.45, 2.75) is 25.8 Å². The van der Waals surface area contributed by atoms with Gasteiger partial charge in [-0.3, -0.25) is 9.88 Å². The zero-order valence-electron chi connectivity index (χ0n) is 12.2. The molecule has 4 rings (SSSR count). The molecule has 114 valence electrons. The molecule has 0 bridgehead atoms. The fraction of sp³-hybridized carbons (Fsp3) is 0.375. The summed E-state index contributed by atoms with van der Waals surface area (Å²) in [4.78, 5) is 21.1. The van der Waals surface area contributed by atoms with E-state index in [4.69, 9.17) is 9.40 Å². The first-order valence-electron chi connectivity index (χ1n) is 7.58. The van der Waals surface area contributed by atoms with Crippen molar-refractivity contribution >= 4 is 22.4 Å². The molecule has 0 amide bonds. The second kappa shape index (κ2) is 5.70. The van der Waals surface area contributed by atoms with E-state index < -0.39 is 5.76 Å². The van der Waals surface area contributed by atoms with Crippen LogP contribution in [0.1, 0.15) is 24.3 Å². The Bertz CT molecular complexity index is 842. The minimum absolute atomic E-state index is 0.420. The quantitative estimate of drug-likeness (QED) is 0.806. The highest BCUT2D eigenvalue weighted by Gasteiger charge is 2.13. The van der Waals surface area contributed by atoms with Crippen LogP contribution in [-0.4, -0.2) is 28.0 Å². The third-order valence-corrected chi connectivity index (χ3v) is 4.91. The van der Waals surface area contributed by atoms with Crippen molar-refractivity contribution in [3.05, 3.63) is 39.1 Å². The number of oxazole rings is 1. The van der Waals surface area contributed by atoms with Crippen molar-refractivity contribution in [3.8, 4) is 11.3 Å². The van der Waals surface area contributed by atoms with Gasteiger partial charge in [0.1, 0.15) is 5.01 Å². The average Bonchev–Trinajstić information content (AvgIpc) is 3.13. The molecule has 2 aromatic heterocycles. The minimum Gasteiger partial charge on any atom is -0.408 e. The van der Waals surface area contributed by atoms with Gasteiger partial charge in [0.25, 0.3) is 0 Å². The van der Waals surface area contributed by atoms with Gasteiger partial charge in [0.15, 0.2) is 5.58 Å². The van der Waals surface area contributed by atoms with Crippen LogP contribution in [0.3, 0.4) is 0 Å². The van der Waals surface area contributed by atoms with Crippen molar-refractivity contribution in [1.29, 1.82) is 0 Å². The summed E-state index contributed by atoms with van der Waals surface area (Å²) >= 11 is 1.70. The van der Waals surface area contributed by atoms with Gasteiger partial charge in [0.2, 0.25) is 0 Å². The van der Waals surface area contributed by atoms with Crippen LogP contribution in [0.4, 0.5) is 0 Å². The number of piperidine rings is 1. The van der Waals surface area contributed by atoms with Crippen molar-refractivity contribution in [2.75, 3.05) is 13.1 Å². The van der Waals surface area contributed by atoms with Crippen LogP contribution in [0.2, 0.25) is 0 Å². The summed E-state index contributed by atoms with van der Waals surface area (Å²) in [5.41, 5.74) is 3.23. The van der Waals surface area contributed by atoms with Gasteiger partial charge in [0, 0.05) is 10.9 Å². The Balaban J connectivity index is 1.57. The van der Waals surface area contributed by atoms with E-state index in [0.717, 1.165) is 28.3 Å². The van der Waals surface area contributed by atoms with E-state index in [1.54, 1.807) is 11.3 Å². The topological polar surface area (TPSA) is 62.1 Å². The summed E-state index contributed by atoms with van der Waals surface area (Å²) in [5.74, 6) is -0.420. The maximum absolute atomic E-state index is 11.2. The zero-order valence-corrected chi connectivity index (χ0v) is 13.0. The van der Waals surface area contributed by atoms with Gasteiger partial charge in [-0.25, -0.2) is 9.78 Å². The summed E-state index contributed by atoms with van der Waals surface area (Å²) in [6.45, 7) is 3.29. The van der Waals surface area contributed by atoms with E-state index in [0.29, 0.717) is 5.58 Å². The van der Waals surface area contributed by atoms with Crippen molar-refractivity contribution in [1.82, 2.24) is 14.9 Å². The predicted octanol–water partition coefficient (Wildman–Crippen LogP) is 3.23. The van der Waals surface area contributed by atoms with E-state index in [1.165, 1.54) is 32.4 Å². The number of benzene rings is 1. The summed E-state index contributed by atoms with van der Waals surface area (Å²) in [6, 6.07) is 5.69. The fourth-order valence-electron chi connectivity index (χ4n) is 2.93. The van der Waals surface area contributed by atoms with Crippen LogP contribution < -0.4 is 5.76 Å². The number of aromatic amines is 1. The molecular weight excluding hydrogens is 298 g/mol. The van der Waals surface area contributed by atoms with Crippen LogP contribution in [0.25, 0.3) is 22.4 Å². The lowest BCUT2D eigenvalue weighted by atomic mass is 10.1. The maximum Gasteiger partial charge on any atom is 0.417 e. The van der Waals surface area contributed by atoms with Gasteiger partial charge >= 0.3 is 5.76 Å². The molecule has 1 N–H and O–H groups in total. The molecule has 0 aliphatic carbocycles. The number of hydrogen-bond acceptors (Lipinski definition) is 5. The summed E-state index contributed by atoms with van der Waals surface area (Å²) in [6.07, 6.45) is 3.93. The first kappa shape index (κ1) is 13.7. The first-order valence-corrected chi connectivity index (χ1v) is 8.46. The van der Waals surface area contributed by atoms with Crippen molar-refractivity contribution < 1.29 is 4.42 Å². The Kier molecular flexibility index (Phi) is 3.56. The van der Waals surface area contributed by atoms with Gasteiger partial charge in [-0.2, -0.15) is 0 Å². The average molecular weight is 315 g/mol. The van der Waals surface area contributed by atoms with E-state index in [9.17, 15) is 4.79 Å². The smallest absolute Gasteiger partial charge is 0.408 e. The number of rotatable bonds is 3. The molecule has 3 heterocycles. The standard InChI is InChI=1S/C16H17N3O2S/c20-16-18-12-5-4-11(8-14(12)21-16)13-10-22-15(17-13)9-19-6-2-1-3-7-19/h4-5,8,10H,1-3,6-7,9H2,(H,18,20). The molecule has 0 radical (unpaired) electrons. The van der Waals surface area contributed by atoms with Crippen LogP contribution >= 0.6 is 11.3 Å². The lowest BCUT2D eigenvalue weighted by Crippen LogP contribution is -2.28.